The highest BCUT2D eigenvalue weighted by Gasteiger charge is 2.30. The fourth-order valence-electron chi connectivity index (χ4n) is 3.32. The summed E-state index contributed by atoms with van der Waals surface area (Å²) in [6.07, 6.45) is 5.69. The van der Waals surface area contributed by atoms with Gasteiger partial charge < -0.3 is 5.32 Å². The zero-order chi connectivity index (χ0) is 16.9. The van der Waals surface area contributed by atoms with Crippen LogP contribution in [-0.2, 0) is 30.8 Å². The van der Waals surface area contributed by atoms with E-state index in [2.05, 4.69) is 53.4 Å². The van der Waals surface area contributed by atoms with Crippen molar-refractivity contribution < 1.29 is 4.79 Å². The van der Waals surface area contributed by atoms with Gasteiger partial charge in [0.2, 0.25) is 5.91 Å². The van der Waals surface area contributed by atoms with Crippen molar-refractivity contribution in [2.75, 3.05) is 6.54 Å². The molecule has 0 bridgehead atoms. The monoisotopic (exact) mass is 326 g/mol. The van der Waals surface area contributed by atoms with Crippen LogP contribution in [0, 0.1) is 0 Å². The van der Waals surface area contributed by atoms with Gasteiger partial charge in [0, 0.05) is 31.4 Å². The summed E-state index contributed by atoms with van der Waals surface area (Å²) in [6, 6.07) is 8.33. The second-order valence-electron chi connectivity index (χ2n) is 6.38. The van der Waals surface area contributed by atoms with E-state index in [4.69, 9.17) is 0 Å². The minimum absolute atomic E-state index is 0.0874. The maximum Gasteiger partial charge on any atom is 0.237 e. The number of likely N-dealkylation sites (N-methyl/N-ethyl adjacent to an activating group) is 1. The number of nitrogens with one attached hydrogen (secondary N) is 1. The highest BCUT2D eigenvalue weighted by atomic mass is 16.2. The normalized spacial score (nSPS) is 17.5. The number of benzene rings is 1. The lowest BCUT2D eigenvalue weighted by atomic mass is 9.93. The third-order valence-electron chi connectivity index (χ3n) is 4.66. The van der Waals surface area contributed by atoms with Gasteiger partial charge in [-0.2, -0.15) is 5.10 Å². The molecule has 0 radical (unpaired) electrons. The average Bonchev–Trinajstić information content (AvgIpc) is 3.06. The summed E-state index contributed by atoms with van der Waals surface area (Å²) >= 11 is 0. The van der Waals surface area contributed by atoms with Crippen LogP contribution in [0.15, 0.2) is 36.7 Å². The van der Waals surface area contributed by atoms with Crippen molar-refractivity contribution >= 4 is 5.91 Å². The molecule has 0 spiro atoms. The van der Waals surface area contributed by atoms with Gasteiger partial charge in [0.25, 0.3) is 0 Å². The predicted octanol–water partition coefficient (Wildman–Crippen LogP) is 2.36. The summed E-state index contributed by atoms with van der Waals surface area (Å²) < 4.78 is 1.93. The Balaban J connectivity index is 1.63. The zero-order valence-electron chi connectivity index (χ0n) is 14.5. The molecule has 0 fully saturated rings. The highest BCUT2D eigenvalue weighted by Crippen LogP contribution is 2.23. The number of carbonyl (C=O) groups is 1. The lowest BCUT2D eigenvalue weighted by Gasteiger charge is -2.35. The van der Waals surface area contributed by atoms with Gasteiger partial charge in [-0.15, -0.1) is 0 Å². The highest BCUT2D eigenvalue weighted by molar-refractivity contribution is 5.82. The van der Waals surface area contributed by atoms with Gasteiger partial charge in [-0.1, -0.05) is 38.1 Å². The molecular formula is C19H26N4O. The maximum absolute atomic E-state index is 12.7. The third kappa shape index (κ3) is 3.67. The molecule has 1 aromatic heterocycles. The predicted molar refractivity (Wildman–Crippen MR) is 94.4 cm³/mol. The Labute approximate surface area is 143 Å². The van der Waals surface area contributed by atoms with Crippen LogP contribution in [0.2, 0.25) is 0 Å². The fourth-order valence-corrected chi connectivity index (χ4v) is 3.32. The van der Waals surface area contributed by atoms with Crippen molar-refractivity contribution in [3.8, 4) is 0 Å². The number of fused-ring (bicyclic) bond motifs is 1. The zero-order valence-corrected chi connectivity index (χ0v) is 14.5. The van der Waals surface area contributed by atoms with E-state index < -0.39 is 0 Å². The van der Waals surface area contributed by atoms with Crippen LogP contribution in [-0.4, -0.2) is 33.2 Å². The van der Waals surface area contributed by atoms with Gasteiger partial charge in [0.1, 0.15) is 0 Å². The number of rotatable bonds is 6. The first-order chi connectivity index (χ1) is 11.7. The molecule has 1 amide bonds. The summed E-state index contributed by atoms with van der Waals surface area (Å²) in [7, 11) is 0. The van der Waals surface area contributed by atoms with Crippen LogP contribution >= 0.6 is 0 Å². The Morgan fingerprint density at radius 3 is 2.83 bits per heavy atom. The minimum atomic E-state index is -0.0874. The second-order valence-corrected chi connectivity index (χ2v) is 6.38. The lowest BCUT2D eigenvalue weighted by molar-refractivity contribution is -0.127. The van der Waals surface area contributed by atoms with Gasteiger partial charge in [-0.3, -0.25) is 14.4 Å². The van der Waals surface area contributed by atoms with Crippen LogP contribution in [0.5, 0.6) is 0 Å². The number of carbonyl (C=O) groups excluding carboxylic acids is 1. The van der Waals surface area contributed by atoms with Gasteiger partial charge in [-0.05, 0) is 30.5 Å². The van der Waals surface area contributed by atoms with Gasteiger partial charge in [-0.25, -0.2) is 0 Å². The summed E-state index contributed by atoms with van der Waals surface area (Å²) in [5.74, 6) is 0.106. The molecule has 0 unspecified atom stereocenters. The molecule has 5 heteroatoms. The van der Waals surface area contributed by atoms with Crippen molar-refractivity contribution in [1.29, 1.82) is 0 Å². The maximum atomic E-state index is 12.7. The fraction of sp³-hybridized carbons (Fsp3) is 0.474. The molecular weight excluding hydrogens is 300 g/mol. The van der Waals surface area contributed by atoms with E-state index in [1.807, 2.05) is 17.1 Å². The number of hydrogen-bond acceptors (Lipinski definition) is 3. The van der Waals surface area contributed by atoms with Crippen molar-refractivity contribution in [1.82, 2.24) is 20.0 Å². The first kappa shape index (κ1) is 16.7. The van der Waals surface area contributed by atoms with E-state index >= 15 is 0 Å². The van der Waals surface area contributed by atoms with E-state index in [9.17, 15) is 4.79 Å². The third-order valence-corrected chi connectivity index (χ3v) is 4.66. The molecule has 5 nitrogen and oxygen atoms in total. The van der Waals surface area contributed by atoms with Crippen LogP contribution < -0.4 is 5.32 Å². The lowest BCUT2D eigenvalue weighted by Crippen LogP contribution is -2.49. The molecule has 2 aromatic rings. The van der Waals surface area contributed by atoms with E-state index in [1.165, 1.54) is 11.1 Å². The topological polar surface area (TPSA) is 50.2 Å². The summed E-state index contributed by atoms with van der Waals surface area (Å²) in [5.41, 5.74) is 3.68. The standard InChI is InChI=1S/C19H26N4O/c1-3-9-23-13-15(12-21-23)11-20-19(24)18-10-16-7-5-6-8-17(16)14-22(18)4-2/h5-8,12-13,18H,3-4,9-11,14H2,1-2H3,(H,20,24)/t18-/m1/s1. The van der Waals surface area contributed by atoms with E-state index in [-0.39, 0.29) is 11.9 Å². The molecule has 0 saturated heterocycles. The van der Waals surface area contributed by atoms with Crippen LogP contribution in [0.25, 0.3) is 0 Å². The first-order valence-corrected chi connectivity index (χ1v) is 8.81. The van der Waals surface area contributed by atoms with Crippen molar-refractivity contribution in [2.24, 2.45) is 0 Å². The Morgan fingerprint density at radius 2 is 2.08 bits per heavy atom. The molecule has 1 aliphatic rings. The largest absolute Gasteiger partial charge is 0.351 e. The second kappa shape index (κ2) is 7.62. The molecule has 1 N–H and O–H groups in total. The van der Waals surface area contributed by atoms with E-state index in [0.717, 1.165) is 38.0 Å². The average molecular weight is 326 g/mol. The Morgan fingerprint density at radius 1 is 1.29 bits per heavy atom. The number of aryl methyl sites for hydroxylation is 1. The molecule has 2 heterocycles. The SMILES string of the molecule is CCCn1cc(CNC(=O)[C@H]2Cc3ccccc3CN2CC)cn1. The summed E-state index contributed by atoms with van der Waals surface area (Å²) in [6.45, 7) is 7.42. The Bertz CT molecular complexity index is 694. The number of aromatic nitrogens is 2. The molecule has 3 rings (SSSR count). The smallest absolute Gasteiger partial charge is 0.237 e. The minimum Gasteiger partial charge on any atom is -0.351 e. The summed E-state index contributed by atoms with van der Waals surface area (Å²) in [4.78, 5) is 15.0. The van der Waals surface area contributed by atoms with Crippen LogP contribution in [0.4, 0.5) is 0 Å². The van der Waals surface area contributed by atoms with Gasteiger partial charge in [0.05, 0.1) is 12.2 Å². The molecule has 0 saturated carbocycles. The van der Waals surface area contributed by atoms with Crippen molar-refractivity contribution in [3.05, 3.63) is 53.3 Å². The number of hydrogen-bond donors (Lipinski definition) is 1. The molecule has 0 aliphatic carbocycles. The number of amides is 1. The van der Waals surface area contributed by atoms with E-state index in [0.29, 0.717) is 6.54 Å². The molecule has 24 heavy (non-hydrogen) atoms. The van der Waals surface area contributed by atoms with Crippen LogP contribution in [0.1, 0.15) is 37.0 Å². The molecule has 1 aliphatic heterocycles. The van der Waals surface area contributed by atoms with Gasteiger partial charge >= 0.3 is 0 Å². The molecule has 1 aromatic carbocycles. The van der Waals surface area contributed by atoms with E-state index in [1.54, 1.807) is 0 Å². The quantitative estimate of drug-likeness (QED) is 0.886. The van der Waals surface area contributed by atoms with Crippen LogP contribution in [0.3, 0.4) is 0 Å². The molecule has 1 atom stereocenters. The van der Waals surface area contributed by atoms with Crippen molar-refractivity contribution in [3.63, 3.8) is 0 Å². The van der Waals surface area contributed by atoms with Gasteiger partial charge in [0.15, 0.2) is 0 Å². The summed E-state index contributed by atoms with van der Waals surface area (Å²) in [5, 5.41) is 7.40. The Kier molecular flexibility index (Phi) is 5.30. The number of nitrogens with zero attached hydrogens (tertiary/aromatic N) is 3. The first-order valence-electron chi connectivity index (χ1n) is 8.81. The molecule has 128 valence electrons. The van der Waals surface area contributed by atoms with Crippen molar-refractivity contribution in [2.45, 2.75) is 52.4 Å². The Hall–Kier alpha value is -2.14.